The molecule has 2 aromatic rings. The van der Waals surface area contributed by atoms with Gasteiger partial charge >= 0.3 is 5.82 Å². The van der Waals surface area contributed by atoms with Crippen LogP contribution in [0.2, 0.25) is 0 Å². The summed E-state index contributed by atoms with van der Waals surface area (Å²) in [4.78, 5) is 19.3. The first-order chi connectivity index (χ1) is 11.1. The van der Waals surface area contributed by atoms with E-state index >= 15 is 0 Å². The molecule has 0 aromatic carbocycles. The maximum absolute atomic E-state index is 10.6. The minimum absolute atomic E-state index is 0.0984. The van der Waals surface area contributed by atoms with Crippen molar-refractivity contribution in [2.45, 2.75) is 19.9 Å². The highest BCUT2D eigenvalue weighted by Crippen LogP contribution is 2.18. The Kier molecular flexibility index (Phi) is 4.82. The predicted octanol–water partition coefficient (Wildman–Crippen LogP) is 1.16. The van der Waals surface area contributed by atoms with Gasteiger partial charge in [-0.1, -0.05) is 0 Å². The lowest BCUT2D eigenvalue weighted by Crippen LogP contribution is -2.32. The van der Waals surface area contributed by atoms with Crippen LogP contribution in [0.4, 0.5) is 10.9 Å². The Morgan fingerprint density at radius 3 is 2.87 bits per heavy atom. The van der Waals surface area contributed by atoms with Crippen molar-refractivity contribution in [3.8, 4) is 0 Å². The number of aromatic nitrogens is 4. The minimum atomic E-state index is -0.468. The van der Waals surface area contributed by atoms with Crippen LogP contribution in [0.5, 0.6) is 0 Å². The van der Waals surface area contributed by atoms with E-state index in [0.717, 1.165) is 50.1 Å². The van der Waals surface area contributed by atoms with Crippen LogP contribution < -0.4 is 4.90 Å². The van der Waals surface area contributed by atoms with E-state index < -0.39 is 4.92 Å². The van der Waals surface area contributed by atoms with Crippen LogP contribution in [0.25, 0.3) is 0 Å². The Labute approximate surface area is 137 Å². The third kappa shape index (κ3) is 4.02. The molecule has 0 aliphatic carbocycles. The summed E-state index contributed by atoms with van der Waals surface area (Å²) in [5, 5.41) is 15.6. The number of aryl methyl sites for hydroxylation is 1. The van der Waals surface area contributed by atoms with Crippen molar-refractivity contribution in [1.29, 1.82) is 0 Å². The first-order valence-electron chi connectivity index (χ1n) is 7.57. The van der Waals surface area contributed by atoms with Crippen LogP contribution in [0, 0.1) is 17.0 Å². The van der Waals surface area contributed by atoms with Gasteiger partial charge in [0, 0.05) is 37.7 Å². The summed E-state index contributed by atoms with van der Waals surface area (Å²) < 4.78 is 5.88. The van der Waals surface area contributed by atoms with Gasteiger partial charge in [0.25, 0.3) is 0 Å². The van der Waals surface area contributed by atoms with E-state index in [2.05, 4.69) is 24.3 Å². The third-order valence-electron chi connectivity index (χ3n) is 3.83. The number of nitrogens with zero attached hydrogens (tertiary/aromatic N) is 7. The monoisotopic (exact) mass is 337 g/mol. The maximum Gasteiger partial charge on any atom is 0.389 e. The second-order valence-electron chi connectivity index (χ2n) is 5.50. The van der Waals surface area contributed by atoms with Crippen molar-refractivity contribution in [2.75, 3.05) is 37.6 Å². The zero-order valence-corrected chi connectivity index (χ0v) is 13.8. The van der Waals surface area contributed by atoms with E-state index in [1.54, 1.807) is 10.9 Å². The molecule has 9 nitrogen and oxygen atoms in total. The summed E-state index contributed by atoms with van der Waals surface area (Å²) in [6.07, 6.45) is 2.73. The summed E-state index contributed by atoms with van der Waals surface area (Å²) in [7, 11) is 0. The first kappa shape index (κ1) is 15.8. The van der Waals surface area contributed by atoms with Gasteiger partial charge in [-0.3, -0.25) is 4.90 Å². The lowest BCUT2D eigenvalue weighted by Gasteiger charge is -2.20. The quantitative estimate of drug-likeness (QED) is 0.597. The fraction of sp³-hybridized carbons (Fsp3) is 0.615. The van der Waals surface area contributed by atoms with Gasteiger partial charge in [0.1, 0.15) is 5.82 Å². The number of hydrogen-bond acceptors (Lipinski definition) is 8. The number of hydrogen-bond donors (Lipinski definition) is 0. The van der Waals surface area contributed by atoms with Crippen LogP contribution in [0.1, 0.15) is 12.2 Å². The van der Waals surface area contributed by atoms with Gasteiger partial charge in [0.15, 0.2) is 0 Å². The molecule has 3 rings (SSSR count). The molecule has 1 saturated heterocycles. The molecular formula is C13H19N7O2S. The second kappa shape index (κ2) is 7.01. The molecule has 1 aliphatic heterocycles. The molecule has 0 saturated carbocycles. The van der Waals surface area contributed by atoms with Crippen molar-refractivity contribution < 1.29 is 4.92 Å². The van der Waals surface area contributed by atoms with Crippen molar-refractivity contribution in [1.82, 2.24) is 24.0 Å². The van der Waals surface area contributed by atoms with E-state index in [0.29, 0.717) is 6.54 Å². The van der Waals surface area contributed by atoms with Crippen LogP contribution >= 0.6 is 11.5 Å². The Balaban J connectivity index is 1.50. The fourth-order valence-corrected chi connectivity index (χ4v) is 3.34. The molecule has 0 spiro atoms. The van der Waals surface area contributed by atoms with Crippen molar-refractivity contribution in [2.24, 2.45) is 0 Å². The lowest BCUT2D eigenvalue weighted by molar-refractivity contribution is -0.389. The Bertz CT molecular complexity index is 671. The standard InChI is InChI=1S/C13H19N7O2S/c1-11-14-13(23-16-11)18-5-2-4-17(7-9-18)8-10-19-6-3-12(15-19)20(21)22/h3,6H,2,4-5,7-10H2,1H3. The molecule has 1 aliphatic rings. The molecule has 2 aromatic heterocycles. The molecule has 0 N–H and O–H groups in total. The van der Waals surface area contributed by atoms with E-state index in [1.807, 2.05) is 6.92 Å². The Hall–Kier alpha value is -2.07. The normalized spacial score (nSPS) is 16.5. The molecule has 0 amide bonds. The molecule has 0 radical (unpaired) electrons. The fourth-order valence-electron chi connectivity index (χ4n) is 2.62. The van der Waals surface area contributed by atoms with Crippen LogP contribution in [-0.4, -0.2) is 61.7 Å². The van der Waals surface area contributed by atoms with Crippen molar-refractivity contribution >= 4 is 22.5 Å². The maximum atomic E-state index is 10.6. The molecule has 0 bridgehead atoms. The molecule has 23 heavy (non-hydrogen) atoms. The summed E-state index contributed by atoms with van der Waals surface area (Å²) >= 11 is 1.45. The lowest BCUT2D eigenvalue weighted by atomic mass is 10.4. The number of nitro groups is 1. The molecule has 124 valence electrons. The second-order valence-corrected chi connectivity index (χ2v) is 6.23. The zero-order valence-electron chi connectivity index (χ0n) is 13.0. The van der Waals surface area contributed by atoms with Gasteiger partial charge in [-0.15, -0.1) is 0 Å². The van der Waals surface area contributed by atoms with Gasteiger partial charge in [0.05, 0.1) is 23.9 Å². The van der Waals surface area contributed by atoms with Crippen molar-refractivity contribution in [3.63, 3.8) is 0 Å². The topological polar surface area (TPSA) is 93.2 Å². The molecular weight excluding hydrogens is 318 g/mol. The molecule has 3 heterocycles. The highest BCUT2D eigenvalue weighted by Gasteiger charge is 2.18. The van der Waals surface area contributed by atoms with E-state index in [1.165, 1.54) is 17.6 Å². The smallest absolute Gasteiger partial charge is 0.358 e. The summed E-state index contributed by atoms with van der Waals surface area (Å²) in [6, 6.07) is 1.43. The largest absolute Gasteiger partial charge is 0.389 e. The van der Waals surface area contributed by atoms with Gasteiger partial charge in [-0.2, -0.15) is 9.06 Å². The zero-order chi connectivity index (χ0) is 16.2. The highest BCUT2D eigenvalue weighted by molar-refractivity contribution is 7.09. The van der Waals surface area contributed by atoms with Crippen LogP contribution in [0.3, 0.4) is 0 Å². The molecule has 0 atom stereocenters. The van der Waals surface area contributed by atoms with Crippen molar-refractivity contribution in [3.05, 3.63) is 28.2 Å². The SMILES string of the molecule is Cc1nsc(N2CCCN(CCn3ccc([N+](=O)[O-])n3)CC2)n1. The van der Waals surface area contributed by atoms with Gasteiger partial charge in [-0.05, 0) is 24.8 Å². The predicted molar refractivity (Wildman–Crippen MR) is 86.8 cm³/mol. The third-order valence-corrected chi connectivity index (χ3v) is 4.70. The summed E-state index contributed by atoms with van der Waals surface area (Å²) in [6.45, 7) is 7.27. The summed E-state index contributed by atoms with van der Waals surface area (Å²) in [5.41, 5.74) is 0. The van der Waals surface area contributed by atoms with Crippen LogP contribution in [0.15, 0.2) is 12.3 Å². The average Bonchev–Trinajstić information content (AvgIpc) is 3.10. The highest BCUT2D eigenvalue weighted by atomic mass is 32.1. The van der Waals surface area contributed by atoms with E-state index in [9.17, 15) is 10.1 Å². The summed E-state index contributed by atoms with van der Waals surface area (Å²) in [5.74, 6) is 0.727. The Morgan fingerprint density at radius 1 is 1.30 bits per heavy atom. The minimum Gasteiger partial charge on any atom is -0.358 e. The van der Waals surface area contributed by atoms with E-state index in [-0.39, 0.29) is 5.82 Å². The van der Waals surface area contributed by atoms with Crippen LogP contribution in [-0.2, 0) is 6.54 Å². The van der Waals surface area contributed by atoms with Gasteiger partial charge in [-0.25, -0.2) is 4.98 Å². The van der Waals surface area contributed by atoms with Gasteiger partial charge < -0.3 is 15.0 Å². The first-order valence-corrected chi connectivity index (χ1v) is 8.34. The number of anilines is 1. The number of rotatable bonds is 5. The molecule has 0 unspecified atom stereocenters. The Morgan fingerprint density at radius 2 is 2.17 bits per heavy atom. The molecule has 1 fully saturated rings. The van der Waals surface area contributed by atoms with E-state index in [4.69, 9.17) is 0 Å². The van der Waals surface area contributed by atoms with Gasteiger partial charge in [0.2, 0.25) is 5.13 Å². The molecule has 10 heteroatoms. The average molecular weight is 337 g/mol.